The van der Waals surface area contributed by atoms with Gasteiger partial charge in [-0.25, -0.2) is 46.3 Å². The number of thiophene rings is 4. The lowest BCUT2D eigenvalue weighted by Crippen LogP contribution is -2.58. The van der Waals surface area contributed by atoms with Crippen molar-refractivity contribution >= 4 is 144 Å². The van der Waals surface area contributed by atoms with Gasteiger partial charge in [0.2, 0.25) is 0 Å². The smallest absolute Gasteiger partial charge is 0.263 e. The summed E-state index contributed by atoms with van der Waals surface area (Å²) < 4.78 is 125. The molecule has 4 unspecified atom stereocenters. The van der Waals surface area contributed by atoms with Crippen LogP contribution in [0.5, 0.6) is 23.0 Å². The number of nitrogens with zero attached hydrogens (tertiary/aromatic N) is 6. The molecule has 10 aliphatic rings. The SMILES string of the molecule is Cc1ccc2c(N)c(C(=O)N[C@H]3COc4c(F)c(N5CC6CNCC(C5)O6)cc(F)c4C3)sc2n1.Cc1ccc2c(N)c(C(=O)N[C@H]3COc4cc(N5CC6CNCC(C5)O6)c(F)c(F)c4C3)sc2n1.Cc1ccc2c(N)c(C(=O)N[C@H]3COc4cc([C@@H]5CCNC[C@H]5F)ccc4C3)sc2n1.Cc1ccc2c(N)c(C(=O)N[C@H]3COc4cc([C@H]5CCNC[C@@H]5F)ccc4C3)sc2n1. The fraction of sp³-hybridized carbons (Fsp3) is 0.404. The number of rotatable bonds is 12. The van der Waals surface area contributed by atoms with Gasteiger partial charge >= 0.3 is 0 Å². The molecular weight excluding hydrogens is 1780 g/mol. The molecule has 0 saturated carbocycles. The summed E-state index contributed by atoms with van der Waals surface area (Å²) in [5, 5.41) is 27.6. The third kappa shape index (κ3) is 18.6. The molecule has 0 spiro atoms. The molecule has 4 amide bonds. The number of ether oxygens (including phenoxy) is 6. The molecule has 4 aromatic carbocycles. The van der Waals surface area contributed by atoms with Crippen molar-refractivity contribution in [1.82, 2.24) is 62.5 Å². The predicted octanol–water partition coefficient (Wildman–Crippen LogP) is 11.4. The number of hydrogen-bond donors (Lipinski definition) is 12. The fourth-order valence-corrected chi connectivity index (χ4v) is 23.1. The Balaban J connectivity index is 0.000000114. The van der Waals surface area contributed by atoms with E-state index in [0.717, 1.165) is 114 Å². The third-order valence-electron chi connectivity index (χ3n) is 25.7. The zero-order valence-corrected chi connectivity index (χ0v) is 76.0. The van der Waals surface area contributed by atoms with Gasteiger partial charge in [-0.3, -0.25) is 19.2 Å². The summed E-state index contributed by atoms with van der Waals surface area (Å²) in [4.78, 5) is 77.7. The molecule has 28 nitrogen and oxygen atoms in total. The molecule has 8 aromatic heterocycles. The van der Waals surface area contributed by atoms with Gasteiger partial charge in [0.15, 0.2) is 23.2 Å². The lowest BCUT2D eigenvalue weighted by Gasteiger charge is -2.43. The van der Waals surface area contributed by atoms with Crippen LogP contribution in [-0.4, -0.2) is 209 Å². The maximum absolute atomic E-state index is 15.5. The van der Waals surface area contributed by atoms with Crippen LogP contribution in [0.3, 0.4) is 0 Å². The van der Waals surface area contributed by atoms with E-state index in [2.05, 4.69) is 62.5 Å². The van der Waals surface area contributed by atoms with Gasteiger partial charge in [-0.1, -0.05) is 24.3 Å². The first kappa shape index (κ1) is 89.7. The lowest BCUT2D eigenvalue weighted by molar-refractivity contribution is -0.0487. The van der Waals surface area contributed by atoms with E-state index >= 15 is 17.6 Å². The predicted molar refractivity (Wildman–Crippen MR) is 500 cm³/mol. The second kappa shape index (κ2) is 37.9. The van der Waals surface area contributed by atoms with E-state index in [1.54, 1.807) is 6.07 Å². The van der Waals surface area contributed by atoms with E-state index in [-0.39, 0.29) is 126 Å². The number of morpholine rings is 4. The van der Waals surface area contributed by atoms with Crippen LogP contribution in [0.2, 0.25) is 0 Å². The first-order chi connectivity index (χ1) is 63.7. The van der Waals surface area contributed by atoms with Crippen LogP contribution in [0.1, 0.15) is 120 Å². The van der Waals surface area contributed by atoms with Crippen molar-refractivity contribution in [3.05, 3.63) is 196 Å². The third-order valence-corrected chi connectivity index (χ3v) is 30.1. The average molecular weight is 1880 g/mol. The van der Waals surface area contributed by atoms with Crippen molar-refractivity contribution < 1.29 is 73.9 Å². The number of carbonyl (C=O) groups is 4. The molecule has 12 aromatic rings. The summed E-state index contributed by atoms with van der Waals surface area (Å²) in [5.74, 6) is -2.54. The first-order valence-corrected chi connectivity index (χ1v) is 47.6. The molecule has 6 saturated heterocycles. The number of fused-ring (bicyclic) bond motifs is 12. The first-order valence-electron chi connectivity index (χ1n) is 44.3. The number of aryl methyl sites for hydroxylation is 4. The summed E-state index contributed by atoms with van der Waals surface area (Å²) >= 11 is 5.03. The number of piperidine rings is 2. The van der Waals surface area contributed by atoms with Crippen LogP contribution < -0.4 is 94.2 Å². The van der Waals surface area contributed by atoms with Gasteiger partial charge in [0.25, 0.3) is 23.6 Å². The van der Waals surface area contributed by atoms with E-state index in [4.69, 9.17) is 51.4 Å². The van der Waals surface area contributed by atoms with Crippen LogP contribution in [0.4, 0.5) is 60.5 Å². The lowest BCUT2D eigenvalue weighted by atomic mass is 9.87. The Morgan fingerprint density at radius 1 is 0.402 bits per heavy atom. The number of nitrogen functional groups attached to an aromatic ring is 4. The zero-order valence-electron chi connectivity index (χ0n) is 72.7. The van der Waals surface area contributed by atoms with Crippen LogP contribution in [0.25, 0.3) is 40.9 Å². The molecule has 16 N–H and O–H groups in total. The van der Waals surface area contributed by atoms with Gasteiger partial charge < -0.3 is 104 Å². The summed E-state index contributed by atoms with van der Waals surface area (Å²) in [6.45, 7) is 15.5. The highest BCUT2D eigenvalue weighted by atomic mass is 32.1. The number of hydrogen-bond acceptors (Lipinski definition) is 28. The van der Waals surface area contributed by atoms with Gasteiger partial charge in [-0.05, 0) is 149 Å². The van der Waals surface area contributed by atoms with Crippen molar-refractivity contribution in [3.8, 4) is 23.0 Å². The summed E-state index contributed by atoms with van der Waals surface area (Å²) in [6.07, 6.45) is 1.08. The van der Waals surface area contributed by atoms with Gasteiger partial charge in [0.1, 0.15) is 101 Å². The number of amides is 4. The van der Waals surface area contributed by atoms with Gasteiger partial charge in [-0.2, -0.15) is 0 Å². The molecule has 0 radical (unpaired) electrons. The average Bonchev–Trinajstić information content (AvgIpc) is 1.26. The second-order valence-corrected chi connectivity index (χ2v) is 39.2. The Kier molecular flexibility index (Phi) is 25.8. The van der Waals surface area contributed by atoms with Crippen LogP contribution >= 0.6 is 45.3 Å². The normalized spacial score (nSPS) is 23.4. The minimum Gasteiger partial charge on any atom is -0.491 e. The monoisotopic (exact) mass is 1880 g/mol. The minimum absolute atomic E-state index is 0.0268. The largest absolute Gasteiger partial charge is 0.491 e. The summed E-state index contributed by atoms with van der Waals surface area (Å²) in [6, 6.07) is 28.3. The molecule has 692 valence electrons. The fourth-order valence-electron chi connectivity index (χ4n) is 18.9. The topological polar surface area (TPSA) is 382 Å². The van der Waals surface area contributed by atoms with Crippen LogP contribution in [-0.2, 0) is 35.2 Å². The van der Waals surface area contributed by atoms with E-state index in [0.29, 0.717) is 149 Å². The highest BCUT2D eigenvalue weighted by Gasteiger charge is 2.41. The molecule has 22 rings (SSSR count). The molecular formula is C94H100F6N18O10S4. The molecule has 0 aliphatic carbocycles. The van der Waals surface area contributed by atoms with Crippen molar-refractivity contribution in [2.24, 2.45) is 0 Å². The van der Waals surface area contributed by atoms with E-state index < -0.39 is 47.7 Å². The maximum Gasteiger partial charge on any atom is 0.263 e. The molecule has 18 heterocycles. The van der Waals surface area contributed by atoms with Gasteiger partial charge in [0, 0.05) is 158 Å². The molecule has 132 heavy (non-hydrogen) atoms. The Hall–Kier alpha value is -11.5. The number of nitrogens with one attached hydrogen (secondary N) is 8. The summed E-state index contributed by atoms with van der Waals surface area (Å²) in [7, 11) is 0. The van der Waals surface area contributed by atoms with Crippen molar-refractivity contribution in [2.75, 3.05) is 138 Å². The van der Waals surface area contributed by atoms with Crippen LogP contribution in [0, 0.1) is 51.0 Å². The zero-order chi connectivity index (χ0) is 91.6. The number of pyridine rings is 4. The Labute approximate surface area is 771 Å². The number of halogens is 6. The molecule has 12 atom stereocenters. The number of alkyl halides is 2. The molecule has 4 bridgehead atoms. The number of anilines is 6. The Bertz CT molecular complexity index is 6150. The maximum atomic E-state index is 15.5. The molecule has 38 heteroatoms. The van der Waals surface area contributed by atoms with Crippen molar-refractivity contribution in [3.63, 3.8) is 0 Å². The minimum atomic E-state index is -0.938. The van der Waals surface area contributed by atoms with Crippen molar-refractivity contribution in [1.29, 1.82) is 0 Å². The Morgan fingerprint density at radius 2 is 0.750 bits per heavy atom. The van der Waals surface area contributed by atoms with Gasteiger partial charge in [-0.15, -0.1) is 45.3 Å². The second-order valence-electron chi connectivity index (χ2n) is 35.2. The number of nitrogens with two attached hydrogens (primary N) is 4. The van der Waals surface area contributed by atoms with E-state index in [9.17, 15) is 28.0 Å². The number of carbonyl (C=O) groups excluding carboxylic acids is 4. The van der Waals surface area contributed by atoms with Crippen LogP contribution in [0.15, 0.2) is 97.1 Å². The van der Waals surface area contributed by atoms with Gasteiger partial charge in [0.05, 0.1) is 82.7 Å². The van der Waals surface area contributed by atoms with Crippen molar-refractivity contribution in [2.45, 2.75) is 139 Å². The van der Waals surface area contributed by atoms with E-state index in [1.165, 1.54) is 51.4 Å². The highest BCUT2D eigenvalue weighted by molar-refractivity contribution is 7.22. The summed E-state index contributed by atoms with van der Waals surface area (Å²) in [5.41, 5.74) is 34.5. The molecule has 10 aliphatic heterocycles. The Morgan fingerprint density at radius 3 is 1.13 bits per heavy atom. The highest BCUT2D eigenvalue weighted by Crippen LogP contribution is 2.44. The molecule has 6 fully saturated rings. The van der Waals surface area contributed by atoms with E-state index in [1.807, 2.05) is 122 Å². The standard InChI is InChI=1S/2C24H25F2N5O3S.2C23H25FN4O2S/c1-11-2-3-15-21(27)22(35-24(15)29-11)23(32)30-12-4-16-18(33-10-12)5-17(20(26)19(16)25)31-8-13-6-28-7-14(9-31)34-13;1-11-2-3-15-20(27)22(35-24(15)29-11)23(32)30-12-4-16-17(25)5-18(19(26)21(16)33-10-12)31-8-13-6-28-7-14(9-31)34-13;2*1-12-2-5-17-20(25)21(31-23(17)27-12)22(29)28-15-8-14-4-3-13(9-19(14)30-11-15)16-6-7-26-10-18(16)24/h2*2-3,5,12-14,28H,4,6-10,27H2,1H3,(H,30,32);2*2-5,9,15-16,18,26H,6-8,10-11,25H2,1H3,(H,28,29)/t2*12-,13?,14?;15-,16+,18-;15-,16-,18+/m1111/s1. The number of benzene rings is 4. The quantitative estimate of drug-likeness (QED) is 0.0506. The number of aromatic nitrogens is 4.